The largest absolute Gasteiger partial charge is 0.504 e. The van der Waals surface area contributed by atoms with Gasteiger partial charge in [0.25, 0.3) is 0 Å². The molecule has 8 N–H and O–H groups in total. The van der Waals surface area contributed by atoms with Gasteiger partial charge in [0.15, 0.2) is 34.5 Å². The number of nitrogens with one attached hydrogen (secondary N) is 2. The second-order valence-electron chi connectivity index (χ2n) is 11.2. The Morgan fingerprint density at radius 1 is 0.558 bits per heavy atom. The maximum atomic E-state index is 13.2. The monoisotopic (exact) mass is 721 g/mol. The highest BCUT2D eigenvalue weighted by molar-refractivity contribution is 5.93. The first-order valence-electron chi connectivity index (χ1n) is 16.1. The number of nitrogens with zero attached hydrogens (tertiary/aromatic N) is 1. The first-order chi connectivity index (χ1) is 24.9. The van der Waals surface area contributed by atoms with E-state index in [1.54, 1.807) is 4.90 Å². The third-order valence-corrected chi connectivity index (χ3v) is 7.53. The molecule has 0 aliphatic rings. The van der Waals surface area contributed by atoms with Gasteiger partial charge in [-0.25, -0.2) is 0 Å². The minimum Gasteiger partial charge on any atom is -0.504 e. The molecule has 0 atom stereocenters. The topological polar surface area (TPSA) is 228 Å². The van der Waals surface area contributed by atoms with Crippen LogP contribution in [-0.4, -0.2) is 101 Å². The van der Waals surface area contributed by atoms with Gasteiger partial charge in [-0.1, -0.05) is 0 Å². The van der Waals surface area contributed by atoms with Crippen molar-refractivity contribution in [2.24, 2.45) is 0 Å². The van der Waals surface area contributed by atoms with Gasteiger partial charge in [0.1, 0.15) is 0 Å². The molecule has 15 heteroatoms. The number of unbranched alkanes of at least 4 members (excludes halogenated alkanes) is 1. The molecular weight excluding hydrogens is 678 g/mol. The Balaban J connectivity index is 1.56. The van der Waals surface area contributed by atoms with Crippen molar-refractivity contribution >= 4 is 35.9 Å². The molecule has 52 heavy (non-hydrogen) atoms. The summed E-state index contributed by atoms with van der Waals surface area (Å²) in [4.78, 5) is 39.5. The fraction of sp³-hybridized carbons (Fsp3) is 0.270. The molecule has 0 saturated heterocycles. The van der Waals surface area contributed by atoms with Crippen LogP contribution in [0.3, 0.4) is 0 Å². The van der Waals surface area contributed by atoms with Crippen molar-refractivity contribution in [3.63, 3.8) is 0 Å². The maximum absolute atomic E-state index is 13.2. The third kappa shape index (κ3) is 11.8. The van der Waals surface area contributed by atoms with Crippen molar-refractivity contribution in [1.82, 2.24) is 15.5 Å². The molecule has 0 radical (unpaired) electrons. The van der Waals surface area contributed by atoms with Crippen LogP contribution < -0.4 is 24.8 Å². The lowest BCUT2D eigenvalue weighted by Gasteiger charge is -2.21. The smallest absolute Gasteiger partial charge is 0.246 e. The molecule has 0 bridgehead atoms. The number of methoxy groups -OCH3 is 3. The summed E-state index contributed by atoms with van der Waals surface area (Å²) < 4.78 is 15.1. The molecule has 0 fully saturated rings. The minimum absolute atomic E-state index is 0.0351. The number of rotatable bonds is 18. The Hall–Kier alpha value is -6.51. The highest BCUT2D eigenvalue weighted by Gasteiger charge is 2.13. The molecule has 3 aromatic carbocycles. The Morgan fingerprint density at radius 3 is 1.33 bits per heavy atom. The van der Waals surface area contributed by atoms with Gasteiger partial charge in [0.05, 0.1) is 21.3 Å². The Labute approximate surface area is 300 Å². The van der Waals surface area contributed by atoms with Gasteiger partial charge in [0.2, 0.25) is 35.0 Å². The molecule has 3 amide bonds. The molecule has 0 aliphatic heterocycles. The zero-order valence-corrected chi connectivity index (χ0v) is 29.0. The number of aromatic hydroxyl groups is 6. The summed E-state index contributed by atoms with van der Waals surface area (Å²) in [6, 6.07) is 8.21. The predicted molar refractivity (Wildman–Crippen MR) is 193 cm³/mol. The number of hydrogen-bond donors (Lipinski definition) is 8. The predicted octanol–water partition coefficient (Wildman–Crippen LogP) is 3.62. The van der Waals surface area contributed by atoms with E-state index < -0.39 is 34.7 Å². The van der Waals surface area contributed by atoms with Crippen LogP contribution in [0.4, 0.5) is 0 Å². The quantitative estimate of drug-likeness (QED) is 0.0536. The maximum Gasteiger partial charge on any atom is 0.246 e. The van der Waals surface area contributed by atoms with Crippen molar-refractivity contribution in [3.05, 3.63) is 71.3 Å². The second-order valence-corrected chi connectivity index (χ2v) is 11.2. The Morgan fingerprint density at radius 2 is 0.923 bits per heavy atom. The van der Waals surface area contributed by atoms with E-state index in [2.05, 4.69) is 10.6 Å². The molecule has 15 nitrogen and oxygen atoms in total. The van der Waals surface area contributed by atoms with Crippen LogP contribution in [0, 0.1) is 0 Å². The van der Waals surface area contributed by atoms with Crippen LogP contribution in [0.25, 0.3) is 18.2 Å². The van der Waals surface area contributed by atoms with Crippen LogP contribution in [-0.2, 0) is 14.4 Å². The van der Waals surface area contributed by atoms with E-state index in [4.69, 9.17) is 14.2 Å². The van der Waals surface area contributed by atoms with Crippen LogP contribution >= 0.6 is 0 Å². The summed E-state index contributed by atoms with van der Waals surface area (Å²) in [5.41, 5.74) is 1.28. The number of phenolic OH excluding ortho intramolecular Hbond substituents is 6. The van der Waals surface area contributed by atoms with Crippen LogP contribution in [0.2, 0.25) is 0 Å². The first-order valence-corrected chi connectivity index (χ1v) is 16.1. The average Bonchev–Trinajstić information content (AvgIpc) is 3.13. The number of phenols is 6. The van der Waals surface area contributed by atoms with Crippen LogP contribution in [0.1, 0.15) is 36.0 Å². The van der Waals surface area contributed by atoms with E-state index >= 15 is 0 Å². The molecule has 0 spiro atoms. The van der Waals surface area contributed by atoms with Crippen molar-refractivity contribution in [3.8, 4) is 51.7 Å². The lowest BCUT2D eigenvalue weighted by molar-refractivity contribution is -0.126. The molecule has 0 aromatic heterocycles. The zero-order valence-electron chi connectivity index (χ0n) is 29.0. The number of hydrogen-bond acceptors (Lipinski definition) is 12. The van der Waals surface area contributed by atoms with E-state index in [-0.39, 0.29) is 47.9 Å². The number of carbonyl (C=O) groups excluding carboxylic acids is 3. The molecule has 3 aromatic rings. The van der Waals surface area contributed by atoms with Gasteiger partial charge < -0.3 is 60.4 Å². The lowest BCUT2D eigenvalue weighted by atomic mass is 10.1. The van der Waals surface area contributed by atoms with E-state index in [1.807, 2.05) is 0 Å². The molecule has 0 saturated carbocycles. The van der Waals surface area contributed by atoms with E-state index in [0.29, 0.717) is 49.0 Å². The first kappa shape index (κ1) is 39.9. The zero-order chi connectivity index (χ0) is 38.2. The SMILES string of the molecule is COc1cc(C=CC(=O)NCCCCN(CCCNC(=O)C=Cc2cc(O)c(O)c(OC)c2)C(=O)C=Cc2cc(O)c(O)c(OC)c2)cc(O)c1O. The second kappa shape index (κ2) is 19.6. The van der Waals surface area contributed by atoms with Crippen LogP contribution in [0.5, 0.6) is 51.7 Å². The normalized spacial score (nSPS) is 11.2. The van der Waals surface area contributed by atoms with E-state index in [9.17, 15) is 45.0 Å². The lowest BCUT2D eigenvalue weighted by Crippen LogP contribution is -2.34. The Kier molecular flexibility index (Phi) is 15.1. The molecule has 3 rings (SSSR count). The number of carbonyl (C=O) groups is 3. The molecule has 278 valence electrons. The summed E-state index contributed by atoms with van der Waals surface area (Å²) in [6.07, 6.45) is 9.67. The van der Waals surface area contributed by atoms with Gasteiger partial charge in [-0.2, -0.15) is 0 Å². The van der Waals surface area contributed by atoms with Gasteiger partial charge in [0, 0.05) is 44.4 Å². The fourth-order valence-corrected chi connectivity index (χ4v) is 4.78. The summed E-state index contributed by atoms with van der Waals surface area (Å²) in [6.45, 7) is 1.14. The summed E-state index contributed by atoms with van der Waals surface area (Å²) in [5, 5.41) is 64.5. The molecule has 0 unspecified atom stereocenters. The molecule has 0 heterocycles. The van der Waals surface area contributed by atoms with Crippen molar-refractivity contribution in [1.29, 1.82) is 0 Å². The molecule has 0 aliphatic carbocycles. The highest BCUT2D eigenvalue weighted by Crippen LogP contribution is 2.38. The van der Waals surface area contributed by atoms with Gasteiger partial charge in [-0.15, -0.1) is 0 Å². The minimum atomic E-state index is -0.423. The van der Waals surface area contributed by atoms with Gasteiger partial charge in [-0.05, 0) is 90.6 Å². The summed E-state index contributed by atoms with van der Waals surface area (Å²) in [5.74, 6) is -3.44. The standard InChI is InChI=1S/C37H43N3O12/c1-50-29-20-23(17-26(41)35(29)47)7-10-32(44)38-13-4-5-15-40(34(46)12-9-25-19-28(43)37(49)31(22-25)52-3)16-6-14-39-33(45)11-8-24-18-27(42)36(48)30(21-24)51-2/h7-12,17-22,41-43,47-49H,4-6,13-16H2,1-3H3,(H,38,44)(H,39,45). The van der Waals surface area contributed by atoms with E-state index in [1.165, 1.54) is 94.2 Å². The van der Waals surface area contributed by atoms with Gasteiger partial charge in [-0.3, -0.25) is 14.4 Å². The molecular formula is C37H43N3O12. The summed E-state index contributed by atoms with van der Waals surface area (Å²) >= 11 is 0. The number of benzene rings is 3. The number of ether oxygens (including phenoxy) is 3. The fourth-order valence-electron chi connectivity index (χ4n) is 4.78. The van der Waals surface area contributed by atoms with Gasteiger partial charge >= 0.3 is 0 Å². The number of amides is 3. The Bertz CT molecular complexity index is 1820. The third-order valence-electron chi connectivity index (χ3n) is 7.53. The summed E-state index contributed by atoms with van der Waals surface area (Å²) in [7, 11) is 4.00. The van der Waals surface area contributed by atoms with Crippen LogP contribution in [0.15, 0.2) is 54.6 Å². The van der Waals surface area contributed by atoms with Crippen molar-refractivity contribution in [2.75, 3.05) is 47.5 Å². The van der Waals surface area contributed by atoms with Crippen molar-refractivity contribution < 1.29 is 59.2 Å². The van der Waals surface area contributed by atoms with Crippen molar-refractivity contribution in [2.45, 2.75) is 19.3 Å². The average molecular weight is 722 g/mol. The highest BCUT2D eigenvalue weighted by atomic mass is 16.5. The van der Waals surface area contributed by atoms with E-state index in [0.717, 1.165) is 0 Å².